The zero-order chi connectivity index (χ0) is 14.2. The van der Waals surface area contributed by atoms with Crippen molar-refractivity contribution in [1.29, 1.82) is 0 Å². The normalized spacial score (nSPS) is 13.5. The lowest BCUT2D eigenvalue weighted by atomic mass is 10.1. The third-order valence-corrected chi connectivity index (χ3v) is 6.32. The smallest absolute Gasteiger partial charge is 0.175 e. The third-order valence-electron chi connectivity index (χ3n) is 2.64. The summed E-state index contributed by atoms with van der Waals surface area (Å²) in [7, 11) is -3.18. The van der Waals surface area contributed by atoms with Gasteiger partial charge in [-0.3, -0.25) is 0 Å². The van der Waals surface area contributed by atoms with Crippen molar-refractivity contribution in [2.75, 3.05) is 6.26 Å². The largest absolute Gasteiger partial charge is 0.320 e. The van der Waals surface area contributed by atoms with Gasteiger partial charge in [0.2, 0.25) is 0 Å². The molecule has 1 atom stereocenters. The van der Waals surface area contributed by atoms with Crippen LogP contribution in [-0.4, -0.2) is 14.7 Å². The van der Waals surface area contributed by atoms with E-state index in [1.807, 2.05) is 6.07 Å². The number of nitrogens with two attached hydrogens (primary N) is 1. The molecule has 1 aromatic heterocycles. The Morgan fingerprint density at radius 1 is 1.32 bits per heavy atom. The standard InChI is InChI=1S/C12H11BrClNO2S2/c1-19(16,17)8-4-2-7(3-5-8)11(15)10-6-9(13)12(14)18-10/h2-6,11H,15H2,1H3. The minimum Gasteiger partial charge on any atom is -0.320 e. The molecular weight excluding hydrogens is 370 g/mol. The van der Waals surface area contributed by atoms with Crippen molar-refractivity contribution in [1.82, 2.24) is 0 Å². The molecule has 0 bridgehead atoms. The highest BCUT2D eigenvalue weighted by molar-refractivity contribution is 9.10. The van der Waals surface area contributed by atoms with Crippen LogP contribution in [0.2, 0.25) is 4.34 Å². The highest BCUT2D eigenvalue weighted by Gasteiger charge is 2.15. The molecule has 0 radical (unpaired) electrons. The molecule has 0 aliphatic rings. The second kappa shape index (κ2) is 5.54. The Bertz CT molecular complexity index is 676. The Hall–Kier alpha value is -0.400. The van der Waals surface area contributed by atoms with E-state index in [9.17, 15) is 8.42 Å². The fourth-order valence-electron chi connectivity index (χ4n) is 1.60. The lowest BCUT2D eigenvalue weighted by Crippen LogP contribution is -2.10. The van der Waals surface area contributed by atoms with Crippen LogP contribution in [0.15, 0.2) is 39.7 Å². The van der Waals surface area contributed by atoms with E-state index in [0.717, 1.165) is 14.9 Å². The van der Waals surface area contributed by atoms with Crippen LogP contribution in [-0.2, 0) is 9.84 Å². The molecule has 2 aromatic rings. The fraction of sp³-hybridized carbons (Fsp3) is 0.167. The maximum atomic E-state index is 11.4. The molecule has 0 amide bonds. The van der Waals surface area contributed by atoms with E-state index in [1.165, 1.54) is 17.6 Å². The first-order valence-electron chi connectivity index (χ1n) is 5.29. The molecule has 0 aliphatic carbocycles. The molecule has 7 heteroatoms. The van der Waals surface area contributed by atoms with Gasteiger partial charge in [-0.15, -0.1) is 11.3 Å². The first kappa shape index (κ1) is 15.0. The van der Waals surface area contributed by atoms with Crippen molar-refractivity contribution in [3.63, 3.8) is 0 Å². The topological polar surface area (TPSA) is 60.2 Å². The van der Waals surface area contributed by atoms with E-state index in [2.05, 4.69) is 15.9 Å². The van der Waals surface area contributed by atoms with Crippen molar-refractivity contribution >= 4 is 48.7 Å². The molecule has 0 aliphatic heterocycles. The highest BCUT2D eigenvalue weighted by Crippen LogP contribution is 2.36. The molecule has 1 unspecified atom stereocenters. The van der Waals surface area contributed by atoms with Gasteiger partial charge in [0, 0.05) is 15.6 Å². The number of halogens is 2. The van der Waals surface area contributed by atoms with E-state index in [-0.39, 0.29) is 10.9 Å². The predicted molar refractivity (Wildman–Crippen MR) is 82.6 cm³/mol. The van der Waals surface area contributed by atoms with Gasteiger partial charge in [0.15, 0.2) is 9.84 Å². The van der Waals surface area contributed by atoms with Crippen molar-refractivity contribution in [2.24, 2.45) is 5.73 Å². The van der Waals surface area contributed by atoms with Gasteiger partial charge >= 0.3 is 0 Å². The van der Waals surface area contributed by atoms with E-state index >= 15 is 0 Å². The molecule has 2 N–H and O–H groups in total. The molecule has 0 spiro atoms. The Kier molecular flexibility index (Phi) is 4.37. The summed E-state index contributed by atoms with van der Waals surface area (Å²) in [5, 5.41) is 0. The van der Waals surface area contributed by atoms with Gasteiger partial charge in [0.05, 0.1) is 10.9 Å². The number of hydrogen-bond acceptors (Lipinski definition) is 4. The van der Waals surface area contributed by atoms with Crippen LogP contribution in [0.3, 0.4) is 0 Å². The lowest BCUT2D eigenvalue weighted by molar-refractivity contribution is 0.602. The number of thiophene rings is 1. The van der Waals surface area contributed by atoms with Gasteiger partial charge in [-0.25, -0.2) is 8.42 Å². The predicted octanol–water partition coefficient (Wildman–Crippen LogP) is 3.62. The van der Waals surface area contributed by atoms with Crippen molar-refractivity contribution in [3.05, 3.63) is 49.6 Å². The second-order valence-corrected chi connectivity index (χ2v) is 8.65. The maximum absolute atomic E-state index is 11.4. The Balaban J connectivity index is 2.32. The van der Waals surface area contributed by atoms with Gasteiger partial charge in [-0.2, -0.15) is 0 Å². The van der Waals surface area contributed by atoms with Gasteiger partial charge in [-0.1, -0.05) is 23.7 Å². The summed E-state index contributed by atoms with van der Waals surface area (Å²) in [6.45, 7) is 0. The number of hydrogen-bond donors (Lipinski definition) is 1. The van der Waals surface area contributed by atoms with E-state index in [1.54, 1.807) is 24.3 Å². The molecule has 0 saturated heterocycles. The van der Waals surface area contributed by atoms with Crippen LogP contribution < -0.4 is 5.73 Å². The van der Waals surface area contributed by atoms with Crippen molar-refractivity contribution < 1.29 is 8.42 Å². The van der Waals surface area contributed by atoms with Crippen LogP contribution in [0.4, 0.5) is 0 Å². The van der Waals surface area contributed by atoms with Crippen LogP contribution in [0, 0.1) is 0 Å². The summed E-state index contributed by atoms with van der Waals surface area (Å²) in [6, 6.07) is 8.14. The fourth-order valence-corrected chi connectivity index (χ4v) is 4.00. The third kappa shape index (κ3) is 3.38. The summed E-state index contributed by atoms with van der Waals surface area (Å²) in [6.07, 6.45) is 1.18. The van der Waals surface area contributed by atoms with Gasteiger partial charge < -0.3 is 5.73 Å². The molecule has 102 valence electrons. The number of rotatable bonds is 3. The molecule has 0 saturated carbocycles. The molecule has 19 heavy (non-hydrogen) atoms. The van der Waals surface area contributed by atoms with Gasteiger partial charge in [0.1, 0.15) is 4.34 Å². The molecule has 0 fully saturated rings. The molecule has 1 aromatic carbocycles. The highest BCUT2D eigenvalue weighted by atomic mass is 79.9. The number of benzene rings is 1. The Labute approximate surface area is 129 Å². The van der Waals surface area contributed by atoms with E-state index < -0.39 is 9.84 Å². The quantitative estimate of drug-likeness (QED) is 0.884. The van der Waals surface area contributed by atoms with Crippen LogP contribution in [0.1, 0.15) is 16.5 Å². The first-order chi connectivity index (χ1) is 8.79. The second-order valence-electron chi connectivity index (χ2n) is 4.09. The SMILES string of the molecule is CS(=O)(=O)c1ccc(C(N)c2cc(Br)c(Cl)s2)cc1. The monoisotopic (exact) mass is 379 g/mol. The average molecular weight is 381 g/mol. The molecule has 1 heterocycles. The van der Waals surface area contributed by atoms with Crippen LogP contribution in [0.5, 0.6) is 0 Å². The van der Waals surface area contributed by atoms with E-state index in [0.29, 0.717) is 4.34 Å². The Morgan fingerprint density at radius 2 is 1.89 bits per heavy atom. The Morgan fingerprint density at radius 3 is 2.32 bits per heavy atom. The minimum atomic E-state index is -3.18. The van der Waals surface area contributed by atoms with Crippen molar-refractivity contribution in [2.45, 2.75) is 10.9 Å². The van der Waals surface area contributed by atoms with Crippen molar-refractivity contribution in [3.8, 4) is 0 Å². The van der Waals surface area contributed by atoms with Crippen LogP contribution >= 0.6 is 38.9 Å². The lowest BCUT2D eigenvalue weighted by Gasteiger charge is -2.10. The average Bonchev–Trinajstić information content (AvgIpc) is 2.68. The zero-order valence-electron chi connectivity index (χ0n) is 9.93. The summed E-state index contributed by atoms with van der Waals surface area (Å²) in [5.74, 6) is 0. The zero-order valence-corrected chi connectivity index (χ0v) is 13.9. The van der Waals surface area contributed by atoms with Crippen LogP contribution in [0.25, 0.3) is 0 Å². The van der Waals surface area contributed by atoms with Gasteiger partial charge in [0.25, 0.3) is 0 Å². The summed E-state index contributed by atoms with van der Waals surface area (Å²) < 4.78 is 24.2. The minimum absolute atomic E-state index is 0.286. The summed E-state index contributed by atoms with van der Waals surface area (Å²) in [4.78, 5) is 1.21. The number of sulfone groups is 1. The summed E-state index contributed by atoms with van der Waals surface area (Å²) >= 11 is 10.7. The maximum Gasteiger partial charge on any atom is 0.175 e. The first-order valence-corrected chi connectivity index (χ1v) is 9.17. The summed E-state index contributed by atoms with van der Waals surface area (Å²) in [5.41, 5.74) is 6.98. The van der Waals surface area contributed by atoms with E-state index in [4.69, 9.17) is 17.3 Å². The molecule has 3 nitrogen and oxygen atoms in total. The molecular formula is C12H11BrClNO2S2. The van der Waals surface area contributed by atoms with Gasteiger partial charge in [-0.05, 0) is 39.7 Å². The molecule has 2 rings (SSSR count).